The Kier molecular flexibility index (Phi) is 5.48. The van der Waals surface area contributed by atoms with E-state index in [9.17, 15) is 19.8 Å². The average molecular weight is 265 g/mol. The van der Waals surface area contributed by atoms with E-state index in [-0.39, 0.29) is 12.8 Å². The highest BCUT2D eigenvalue weighted by Crippen LogP contribution is 2.31. The Morgan fingerprint density at radius 1 is 1.21 bits per heavy atom. The number of rotatable bonds is 8. The van der Waals surface area contributed by atoms with Crippen LogP contribution in [-0.2, 0) is 16.0 Å². The summed E-state index contributed by atoms with van der Waals surface area (Å²) in [5, 5.41) is 18.6. The Balaban J connectivity index is 2.84. The Morgan fingerprint density at radius 2 is 1.89 bits per heavy atom. The van der Waals surface area contributed by atoms with Crippen molar-refractivity contribution in [2.45, 2.75) is 39.0 Å². The molecule has 0 aliphatic heterocycles. The Morgan fingerprint density at radius 3 is 2.37 bits per heavy atom. The minimum atomic E-state index is -1.70. The van der Waals surface area contributed by atoms with E-state index >= 15 is 0 Å². The molecule has 1 heterocycles. The molecule has 5 heteroatoms. The Labute approximate surface area is 112 Å². The topological polar surface area (TPSA) is 87.5 Å². The van der Waals surface area contributed by atoms with Crippen LogP contribution in [0.5, 0.6) is 0 Å². The third kappa shape index (κ3) is 3.77. The van der Waals surface area contributed by atoms with Gasteiger partial charge in [0.05, 0.1) is 0 Å². The van der Waals surface area contributed by atoms with Crippen LogP contribution in [-0.4, -0.2) is 27.1 Å². The molecule has 1 aromatic rings. The van der Waals surface area contributed by atoms with Gasteiger partial charge in [0.2, 0.25) is 0 Å². The summed E-state index contributed by atoms with van der Waals surface area (Å²) in [6.45, 7) is 1.91. The fourth-order valence-corrected chi connectivity index (χ4v) is 2.01. The predicted octanol–water partition coefficient (Wildman–Crippen LogP) is 2.36. The molecule has 0 unspecified atom stereocenters. The van der Waals surface area contributed by atoms with Crippen molar-refractivity contribution in [3.63, 3.8) is 0 Å². The fourth-order valence-electron chi connectivity index (χ4n) is 2.01. The summed E-state index contributed by atoms with van der Waals surface area (Å²) < 4.78 is 0. The van der Waals surface area contributed by atoms with Gasteiger partial charge in [-0.25, -0.2) is 0 Å². The largest absolute Gasteiger partial charge is 0.480 e. The third-order valence-corrected chi connectivity index (χ3v) is 3.31. The van der Waals surface area contributed by atoms with E-state index in [0.29, 0.717) is 18.5 Å². The molecule has 0 aliphatic rings. The first-order chi connectivity index (χ1) is 9.03. The average Bonchev–Trinajstić information content (AvgIpc) is 2.39. The van der Waals surface area contributed by atoms with Crippen molar-refractivity contribution in [1.29, 1.82) is 0 Å². The van der Waals surface area contributed by atoms with Crippen molar-refractivity contribution in [2.24, 2.45) is 5.41 Å². The Bertz CT molecular complexity index is 416. The first kappa shape index (κ1) is 15.1. The zero-order valence-electron chi connectivity index (χ0n) is 11.0. The highest BCUT2D eigenvalue weighted by molar-refractivity contribution is 5.98. The molecule has 0 saturated carbocycles. The maximum Gasteiger partial charge on any atom is 0.321 e. The van der Waals surface area contributed by atoms with E-state index in [2.05, 4.69) is 4.98 Å². The summed E-state index contributed by atoms with van der Waals surface area (Å²) in [6.07, 6.45) is 3.54. The van der Waals surface area contributed by atoms with Gasteiger partial charge < -0.3 is 10.2 Å². The van der Waals surface area contributed by atoms with Crippen molar-refractivity contribution in [2.75, 3.05) is 0 Å². The molecule has 0 saturated heterocycles. The first-order valence-corrected chi connectivity index (χ1v) is 6.39. The molecule has 0 bridgehead atoms. The number of carboxylic acids is 2. The molecule has 0 atom stereocenters. The standard InChI is InChI=1S/C14H19NO4/c1-2-3-8-14(12(16)17,13(18)19)9-7-11-6-4-5-10-15-11/h4-6,10H,2-3,7-9H2,1H3,(H,16,17)(H,18,19). The van der Waals surface area contributed by atoms with Crippen LogP contribution in [0.15, 0.2) is 24.4 Å². The number of carbonyl (C=O) groups is 2. The fraction of sp³-hybridized carbons (Fsp3) is 0.500. The lowest BCUT2D eigenvalue weighted by Gasteiger charge is -2.24. The molecular weight excluding hydrogens is 246 g/mol. The lowest BCUT2D eigenvalue weighted by molar-refractivity contribution is -0.166. The summed E-state index contributed by atoms with van der Waals surface area (Å²) in [7, 11) is 0. The molecule has 1 rings (SSSR count). The van der Waals surface area contributed by atoms with Crippen LogP contribution < -0.4 is 0 Å². The number of aromatic nitrogens is 1. The van der Waals surface area contributed by atoms with E-state index in [1.807, 2.05) is 6.92 Å². The third-order valence-electron chi connectivity index (χ3n) is 3.31. The van der Waals surface area contributed by atoms with Crippen molar-refractivity contribution < 1.29 is 19.8 Å². The second-order valence-corrected chi connectivity index (χ2v) is 4.62. The number of hydrogen-bond acceptors (Lipinski definition) is 3. The quantitative estimate of drug-likeness (QED) is 0.704. The molecule has 104 valence electrons. The van der Waals surface area contributed by atoms with Crippen LogP contribution >= 0.6 is 0 Å². The summed E-state index contributed by atoms with van der Waals surface area (Å²) in [5.41, 5.74) is -0.987. The number of aryl methyl sites for hydroxylation is 1. The predicted molar refractivity (Wildman–Crippen MR) is 69.8 cm³/mol. The second kappa shape index (κ2) is 6.87. The van der Waals surface area contributed by atoms with E-state index < -0.39 is 17.4 Å². The van der Waals surface area contributed by atoms with Gasteiger partial charge in [-0.1, -0.05) is 25.8 Å². The number of pyridine rings is 1. The number of hydrogen-bond donors (Lipinski definition) is 2. The summed E-state index contributed by atoms with van der Waals surface area (Å²) in [5.74, 6) is -2.52. The minimum absolute atomic E-state index is 0.0642. The number of carboxylic acid groups (broad SMARTS) is 2. The van der Waals surface area contributed by atoms with Crippen molar-refractivity contribution in [1.82, 2.24) is 4.98 Å². The van der Waals surface area contributed by atoms with Crippen LogP contribution in [0.25, 0.3) is 0 Å². The number of nitrogens with zero attached hydrogens (tertiary/aromatic N) is 1. The van der Waals surface area contributed by atoms with Gasteiger partial charge in [-0.05, 0) is 31.4 Å². The first-order valence-electron chi connectivity index (χ1n) is 6.39. The highest BCUT2D eigenvalue weighted by Gasteiger charge is 2.45. The van der Waals surface area contributed by atoms with E-state index in [4.69, 9.17) is 0 Å². The molecule has 0 aromatic carbocycles. The van der Waals surface area contributed by atoms with Gasteiger partial charge in [-0.3, -0.25) is 14.6 Å². The summed E-state index contributed by atoms with van der Waals surface area (Å²) in [4.78, 5) is 26.9. The maximum atomic E-state index is 11.4. The molecule has 0 spiro atoms. The number of unbranched alkanes of at least 4 members (excludes halogenated alkanes) is 1. The lowest BCUT2D eigenvalue weighted by Crippen LogP contribution is -2.40. The van der Waals surface area contributed by atoms with Crippen molar-refractivity contribution >= 4 is 11.9 Å². The summed E-state index contributed by atoms with van der Waals surface area (Å²) >= 11 is 0. The second-order valence-electron chi connectivity index (χ2n) is 4.62. The normalized spacial score (nSPS) is 11.2. The monoisotopic (exact) mass is 265 g/mol. The van der Waals surface area contributed by atoms with E-state index in [1.165, 1.54) is 0 Å². The van der Waals surface area contributed by atoms with Crippen LogP contribution in [0.2, 0.25) is 0 Å². The minimum Gasteiger partial charge on any atom is -0.480 e. The van der Waals surface area contributed by atoms with E-state index in [0.717, 1.165) is 6.42 Å². The van der Waals surface area contributed by atoms with Gasteiger partial charge in [0.25, 0.3) is 0 Å². The van der Waals surface area contributed by atoms with Gasteiger partial charge in [0.15, 0.2) is 5.41 Å². The van der Waals surface area contributed by atoms with Gasteiger partial charge in [-0.2, -0.15) is 0 Å². The zero-order chi connectivity index (χ0) is 14.3. The smallest absolute Gasteiger partial charge is 0.321 e. The maximum absolute atomic E-state index is 11.4. The van der Waals surface area contributed by atoms with Gasteiger partial charge in [-0.15, -0.1) is 0 Å². The molecule has 0 fully saturated rings. The molecule has 1 aromatic heterocycles. The van der Waals surface area contributed by atoms with Gasteiger partial charge in [0, 0.05) is 11.9 Å². The summed E-state index contributed by atoms with van der Waals surface area (Å²) in [6, 6.07) is 5.34. The van der Waals surface area contributed by atoms with E-state index in [1.54, 1.807) is 24.4 Å². The highest BCUT2D eigenvalue weighted by atomic mass is 16.4. The molecule has 0 radical (unpaired) electrons. The zero-order valence-corrected chi connectivity index (χ0v) is 11.0. The van der Waals surface area contributed by atoms with Gasteiger partial charge in [0.1, 0.15) is 0 Å². The molecule has 0 amide bonds. The molecular formula is C14H19NO4. The molecule has 19 heavy (non-hydrogen) atoms. The van der Waals surface area contributed by atoms with Crippen LogP contribution in [0.3, 0.4) is 0 Å². The molecule has 2 N–H and O–H groups in total. The Hall–Kier alpha value is -1.91. The SMILES string of the molecule is CCCCC(CCc1ccccn1)(C(=O)O)C(=O)O. The van der Waals surface area contributed by atoms with Crippen molar-refractivity contribution in [3.8, 4) is 0 Å². The molecule has 5 nitrogen and oxygen atoms in total. The molecule has 0 aliphatic carbocycles. The van der Waals surface area contributed by atoms with Crippen LogP contribution in [0.4, 0.5) is 0 Å². The number of aliphatic carboxylic acids is 2. The van der Waals surface area contributed by atoms with Crippen molar-refractivity contribution in [3.05, 3.63) is 30.1 Å². The van der Waals surface area contributed by atoms with Crippen LogP contribution in [0.1, 0.15) is 38.3 Å². The van der Waals surface area contributed by atoms with Gasteiger partial charge >= 0.3 is 11.9 Å². The van der Waals surface area contributed by atoms with Crippen LogP contribution in [0, 0.1) is 5.41 Å². The lowest BCUT2D eigenvalue weighted by atomic mass is 9.78.